The predicted molar refractivity (Wildman–Crippen MR) is 180 cm³/mol. The normalized spacial score (nSPS) is 12.3. The van der Waals surface area contributed by atoms with Gasteiger partial charge in [0.1, 0.15) is 11.4 Å². The Balaban J connectivity index is 0.000000204. The van der Waals surface area contributed by atoms with E-state index in [0.717, 1.165) is 38.9 Å². The third-order valence-electron chi connectivity index (χ3n) is 7.51. The molecule has 6 aromatic rings. The van der Waals surface area contributed by atoms with Crippen LogP contribution in [-0.2, 0) is 25.5 Å². The first-order chi connectivity index (χ1) is 20.6. The smallest absolute Gasteiger partial charge is 0 e. The number of nitrogens with zero attached hydrogens (tertiary/aromatic N) is 2. The number of fused-ring (bicyclic) bond motifs is 3. The molecule has 1 radical (unpaired) electrons. The summed E-state index contributed by atoms with van der Waals surface area (Å²) in [6.45, 7) is 10.4. The summed E-state index contributed by atoms with van der Waals surface area (Å²) in [5.41, 5.74) is 7.09. The maximum atomic E-state index is 13.5. The zero-order valence-corrected chi connectivity index (χ0v) is 31.1. The van der Waals surface area contributed by atoms with E-state index in [-0.39, 0.29) is 31.3 Å². The second-order valence-electron chi connectivity index (χ2n) is 13.2. The van der Waals surface area contributed by atoms with Crippen molar-refractivity contribution in [2.24, 2.45) is 0 Å². The number of aromatic nitrogens is 2. The van der Waals surface area contributed by atoms with E-state index in [0.29, 0.717) is 11.2 Å². The molecule has 3 aromatic carbocycles. The van der Waals surface area contributed by atoms with Gasteiger partial charge in [-0.1, -0.05) is 37.8 Å². The van der Waals surface area contributed by atoms with E-state index in [1.54, 1.807) is 6.07 Å². The zero-order valence-electron chi connectivity index (χ0n) is 27.6. The first kappa shape index (κ1) is 32.3. The Bertz CT molecular complexity index is 1940. The van der Waals surface area contributed by atoms with Crippen LogP contribution in [0.1, 0.15) is 53.0 Å². The first-order valence-corrected chi connectivity index (χ1v) is 21.9. The van der Waals surface area contributed by atoms with Crippen LogP contribution in [0.25, 0.3) is 44.5 Å². The van der Waals surface area contributed by atoms with E-state index < -0.39 is 19.2 Å². The van der Waals surface area contributed by atoms with Crippen LogP contribution in [0.15, 0.2) is 89.6 Å². The molecule has 0 bridgehead atoms. The van der Waals surface area contributed by atoms with Crippen LogP contribution >= 0.6 is 0 Å². The standard InChI is InChI=1S/C21H17FNO.C17H22GeN.Ir/c1-21(2,3)13-9-10-23-18(11-13)17-6-4-5-16-15-8-7-14(22)12-19(15)24-20(16)17;1-13(2)15-11-17(14-9-7-6-8-10-14)19-12-16(15)18(3,4)5;/h4-5,7-12H,1-3H3;6-9,11-13H,1-5H3;/q2*-1;/i;13D;. The van der Waals surface area contributed by atoms with Gasteiger partial charge in [-0.3, -0.25) is 0 Å². The van der Waals surface area contributed by atoms with Crippen molar-refractivity contribution in [1.29, 1.82) is 0 Å². The molecule has 3 heterocycles. The fraction of sp³-hybridized carbons (Fsp3) is 0.263. The molecule has 0 aliphatic carbocycles. The van der Waals surface area contributed by atoms with E-state index in [9.17, 15) is 4.39 Å². The fourth-order valence-corrected chi connectivity index (χ4v) is 8.43. The van der Waals surface area contributed by atoms with Crippen molar-refractivity contribution in [3.8, 4) is 22.5 Å². The van der Waals surface area contributed by atoms with E-state index in [2.05, 4.69) is 72.3 Å². The van der Waals surface area contributed by atoms with Crippen LogP contribution < -0.4 is 4.40 Å². The van der Waals surface area contributed by atoms with E-state index in [1.807, 2.05) is 68.7 Å². The molecule has 6 heteroatoms. The summed E-state index contributed by atoms with van der Waals surface area (Å²) in [6.07, 6.45) is 3.81. The first-order valence-electron chi connectivity index (χ1n) is 15.1. The molecule has 0 N–H and O–H groups in total. The Kier molecular flexibility index (Phi) is 9.89. The summed E-state index contributed by atoms with van der Waals surface area (Å²) in [5, 5.41) is 1.84. The predicted octanol–water partition coefficient (Wildman–Crippen LogP) is 10.1. The van der Waals surface area contributed by atoms with Gasteiger partial charge in [-0.2, -0.15) is 0 Å². The molecular formula is C38H39FGeIrN2O-2. The van der Waals surface area contributed by atoms with E-state index in [4.69, 9.17) is 5.79 Å². The minimum atomic E-state index is -2.03. The molecule has 0 atom stereocenters. The molecule has 0 spiro atoms. The summed E-state index contributed by atoms with van der Waals surface area (Å²) in [4.78, 5) is 9.12. The van der Waals surface area contributed by atoms with Gasteiger partial charge in [-0.25, -0.2) is 4.39 Å². The van der Waals surface area contributed by atoms with Crippen molar-refractivity contribution < 1.29 is 30.3 Å². The third-order valence-corrected chi connectivity index (χ3v) is 11.7. The largest absolute Gasteiger partial charge is 0 e. The Morgan fingerprint density at radius 2 is 1.66 bits per heavy atom. The average Bonchev–Trinajstić information content (AvgIpc) is 3.34. The van der Waals surface area contributed by atoms with Crippen LogP contribution in [0.2, 0.25) is 17.3 Å². The van der Waals surface area contributed by atoms with Crippen LogP contribution in [0.4, 0.5) is 4.39 Å². The van der Waals surface area contributed by atoms with Crippen molar-refractivity contribution in [3.05, 3.63) is 114 Å². The summed E-state index contributed by atoms with van der Waals surface area (Å²) in [5.74, 6) is 6.14. The molecule has 44 heavy (non-hydrogen) atoms. The van der Waals surface area contributed by atoms with Crippen molar-refractivity contribution in [3.63, 3.8) is 0 Å². The quantitative estimate of drug-likeness (QED) is 0.131. The number of rotatable bonds is 4. The number of furan rings is 1. The van der Waals surface area contributed by atoms with Crippen LogP contribution in [0, 0.1) is 17.9 Å². The Labute approximate surface area is 278 Å². The number of halogens is 1. The van der Waals surface area contributed by atoms with Gasteiger partial charge >= 0.3 is 120 Å². The summed E-state index contributed by atoms with van der Waals surface area (Å²) in [7, 11) is 0. The van der Waals surface area contributed by atoms with Gasteiger partial charge in [-0.05, 0) is 34.9 Å². The maximum absolute atomic E-state index is 13.5. The monoisotopic (exact) mass is 826 g/mol. The number of pyridine rings is 2. The SMILES string of the molecule is CC(C)(C)c1ccnc(-c2[c-]ccc3c2oc2cc(F)ccc23)c1.[2H]C(C)(C)c1cc(-c2[c-]cccc2)nc[c]1[Ge]([CH3])([CH3])[CH3].[Ir]. The van der Waals surface area contributed by atoms with Gasteiger partial charge in [-0.15, -0.1) is 18.2 Å². The van der Waals surface area contributed by atoms with Gasteiger partial charge in [0.25, 0.3) is 0 Å². The Morgan fingerprint density at radius 1 is 0.886 bits per heavy atom. The number of hydrogen-bond acceptors (Lipinski definition) is 3. The van der Waals surface area contributed by atoms with Gasteiger partial charge in [0.15, 0.2) is 0 Å². The average molecular weight is 825 g/mol. The molecule has 3 aromatic heterocycles. The summed E-state index contributed by atoms with van der Waals surface area (Å²) in [6, 6.07) is 28.9. The maximum Gasteiger partial charge on any atom is 0 e. The topological polar surface area (TPSA) is 38.9 Å². The van der Waals surface area contributed by atoms with Crippen molar-refractivity contribution in [1.82, 2.24) is 9.97 Å². The van der Waals surface area contributed by atoms with Crippen LogP contribution in [0.3, 0.4) is 0 Å². The Hall–Kier alpha value is -3.12. The zero-order chi connectivity index (χ0) is 31.9. The molecule has 0 saturated carbocycles. The minimum absolute atomic E-state index is 0. The second-order valence-corrected chi connectivity index (χ2v) is 23.7. The number of benzene rings is 3. The molecule has 0 saturated heterocycles. The van der Waals surface area contributed by atoms with Gasteiger partial charge in [0.2, 0.25) is 0 Å². The molecule has 0 unspecified atom stereocenters. The van der Waals surface area contributed by atoms with Gasteiger partial charge < -0.3 is 9.40 Å². The van der Waals surface area contributed by atoms with Gasteiger partial charge in [0.05, 0.1) is 5.58 Å². The fourth-order valence-electron chi connectivity index (χ4n) is 5.11. The van der Waals surface area contributed by atoms with E-state index >= 15 is 0 Å². The van der Waals surface area contributed by atoms with Crippen molar-refractivity contribution in [2.45, 2.75) is 63.2 Å². The molecule has 6 rings (SSSR count). The minimum Gasteiger partial charge on any atom is 0 e. The van der Waals surface area contributed by atoms with Crippen LogP contribution in [-0.4, -0.2) is 23.2 Å². The molecule has 229 valence electrons. The molecule has 0 fully saturated rings. The van der Waals surface area contributed by atoms with Crippen molar-refractivity contribution >= 4 is 39.6 Å². The number of hydrogen-bond donors (Lipinski definition) is 0. The molecule has 0 amide bonds. The molecule has 0 aliphatic rings. The molecular weight excluding hydrogens is 784 g/mol. The summed E-state index contributed by atoms with van der Waals surface area (Å²) < 4.78 is 29.2. The van der Waals surface area contributed by atoms with Crippen molar-refractivity contribution in [2.75, 3.05) is 0 Å². The van der Waals surface area contributed by atoms with E-state index in [1.165, 1.54) is 22.1 Å². The Morgan fingerprint density at radius 3 is 2.32 bits per heavy atom. The summed E-state index contributed by atoms with van der Waals surface area (Å²) >= 11 is -2.03. The van der Waals surface area contributed by atoms with Gasteiger partial charge in [0, 0.05) is 37.8 Å². The molecule has 0 aliphatic heterocycles. The second kappa shape index (κ2) is 13.5. The van der Waals surface area contributed by atoms with Crippen LogP contribution in [0.5, 0.6) is 0 Å². The molecule has 3 nitrogen and oxygen atoms in total. The third kappa shape index (κ3) is 7.39.